The molecule has 1 atom stereocenters. The van der Waals surface area contributed by atoms with Crippen molar-refractivity contribution in [2.24, 2.45) is 0 Å². The minimum absolute atomic E-state index is 0.273. The van der Waals surface area contributed by atoms with Crippen LogP contribution in [-0.4, -0.2) is 15.9 Å². The molecule has 2 N–H and O–H groups in total. The number of hydrogen-bond donors (Lipinski definition) is 2. The number of thiophene rings is 1. The van der Waals surface area contributed by atoms with Crippen molar-refractivity contribution in [1.82, 2.24) is 9.97 Å². The third-order valence-electron chi connectivity index (χ3n) is 4.61. The number of carbonyl (C=O) groups is 1. The zero-order valence-electron chi connectivity index (χ0n) is 16.8. The quantitative estimate of drug-likeness (QED) is 0.417. The Hall–Kier alpha value is -3.45. The number of hydrogen-bond acceptors (Lipinski definition) is 6. The minimum Gasteiger partial charge on any atom is -0.459 e. The molecule has 1 unspecified atom stereocenters. The van der Waals surface area contributed by atoms with Gasteiger partial charge in [0.25, 0.3) is 5.91 Å². The first-order valence-electron chi connectivity index (χ1n) is 9.72. The number of nitrogens with zero attached hydrogens (tertiary/aromatic N) is 2. The molecule has 1 amide bonds. The Morgan fingerprint density at radius 2 is 2.07 bits per heavy atom. The van der Waals surface area contributed by atoms with E-state index in [1.165, 1.54) is 11.1 Å². The van der Waals surface area contributed by atoms with E-state index in [0.717, 1.165) is 34.2 Å². The Bertz CT molecular complexity index is 1120. The van der Waals surface area contributed by atoms with Crippen molar-refractivity contribution in [2.75, 3.05) is 10.6 Å². The van der Waals surface area contributed by atoms with Gasteiger partial charge in [-0.25, -0.2) is 4.98 Å². The van der Waals surface area contributed by atoms with E-state index in [4.69, 9.17) is 4.42 Å². The predicted octanol–water partition coefficient (Wildman–Crippen LogP) is 5.46. The van der Waals surface area contributed by atoms with Gasteiger partial charge in [0.05, 0.1) is 18.0 Å². The molecule has 0 aliphatic rings. The summed E-state index contributed by atoms with van der Waals surface area (Å²) in [5.74, 6) is 0.743. The largest absolute Gasteiger partial charge is 0.459 e. The summed E-state index contributed by atoms with van der Waals surface area (Å²) < 4.78 is 5.25. The maximum atomic E-state index is 12.6. The van der Waals surface area contributed by atoms with Gasteiger partial charge >= 0.3 is 0 Å². The predicted molar refractivity (Wildman–Crippen MR) is 119 cm³/mol. The van der Waals surface area contributed by atoms with Gasteiger partial charge in [-0.05, 0) is 55.8 Å². The van der Waals surface area contributed by atoms with Crippen molar-refractivity contribution in [3.05, 3.63) is 94.6 Å². The van der Waals surface area contributed by atoms with Crippen LogP contribution in [0.5, 0.6) is 0 Å². The molecule has 0 aromatic carbocycles. The second-order valence-electron chi connectivity index (χ2n) is 6.78. The van der Waals surface area contributed by atoms with Crippen molar-refractivity contribution in [1.29, 1.82) is 0 Å². The molecule has 7 heteroatoms. The van der Waals surface area contributed by atoms with E-state index >= 15 is 0 Å². The number of anilines is 2. The van der Waals surface area contributed by atoms with Gasteiger partial charge in [0.15, 0.2) is 5.76 Å². The highest BCUT2D eigenvalue weighted by Crippen LogP contribution is 2.37. The third kappa shape index (κ3) is 4.41. The van der Waals surface area contributed by atoms with Crippen LogP contribution >= 0.6 is 11.3 Å². The Labute approximate surface area is 179 Å². The average molecular weight is 419 g/mol. The second-order valence-corrected chi connectivity index (χ2v) is 7.92. The van der Waals surface area contributed by atoms with Crippen LogP contribution in [0.4, 0.5) is 10.8 Å². The molecule has 0 fully saturated rings. The van der Waals surface area contributed by atoms with Gasteiger partial charge in [0.1, 0.15) is 10.8 Å². The van der Waals surface area contributed by atoms with Gasteiger partial charge in [0.2, 0.25) is 0 Å². The number of amides is 1. The fourth-order valence-corrected chi connectivity index (χ4v) is 4.18. The highest BCUT2D eigenvalue weighted by Gasteiger charge is 2.24. The summed E-state index contributed by atoms with van der Waals surface area (Å²) in [5.41, 5.74) is 2.71. The van der Waals surface area contributed by atoms with Crippen LogP contribution in [0.2, 0.25) is 0 Å². The molecule has 0 radical (unpaired) electrons. The summed E-state index contributed by atoms with van der Waals surface area (Å²) in [6.07, 6.45) is 4.12. The molecule has 0 aliphatic heterocycles. The zero-order valence-corrected chi connectivity index (χ0v) is 17.6. The van der Waals surface area contributed by atoms with E-state index < -0.39 is 0 Å². The summed E-state index contributed by atoms with van der Waals surface area (Å²) in [6, 6.07) is 16.8. The lowest BCUT2D eigenvalue weighted by molar-refractivity contribution is 0.0997. The molecule has 30 heavy (non-hydrogen) atoms. The maximum absolute atomic E-state index is 12.6. The molecular weight excluding hydrogens is 396 g/mol. The number of aromatic nitrogens is 2. The van der Waals surface area contributed by atoms with Crippen LogP contribution in [0.25, 0.3) is 0 Å². The molecule has 0 aliphatic carbocycles. The van der Waals surface area contributed by atoms with E-state index in [9.17, 15) is 4.79 Å². The van der Waals surface area contributed by atoms with E-state index in [2.05, 4.69) is 33.6 Å². The normalized spacial score (nSPS) is 11.8. The van der Waals surface area contributed by atoms with Crippen LogP contribution in [0.15, 0.2) is 71.5 Å². The Morgan fingerprint density at radius 3 is 2.77 bits per heavy atom. The first-order valence-corrected chi connectivity index (χ1v) is 10.5. The Morgan fingerprint density at radius 1 is 1.17 bits per heavy atom. The highest BCUT2D eigenvalue weighted by molar-refractivity contribution is 7.16. The number of rotatable bonds is 7. The molecule has 0 spiro atoms. The molecule has 0 saturated carbocycles. The maximum Gasteiger partial charge on any atom is 0.291 e. The lowest BCUT2D eigenvalue weighted by Gasteiger charge is -2.20. The smallest absolute Gasteiger partial charge is 0.291 e. The van der Waals surface area contributed by atoms with E-state index in [1.54, 1.807) is 29.7 Å². The lowest BCUT2D eigenvalue weighted by atomic mass is 10.0. The average Bonchev–Trinajstić information content (AvgIpc) is 3.43. The number of carbonyl (C=O) groups excluding carboxylic acids is 1. The standard InChI is InChI=1S/C23H22N4O2S/c1-3-16-14-17(23(30-16)27-22(28)19-10-7-13-29-19)21(18-9-4-5-12-24-18)26-20-11-6-8-15(2)25-20/h4-14,21H,3H2,1-2H3,(H,25,26)(H,27,28). The topological polar surface area (TPSA) is 80.0 Å². The van der Waals surface area contributed by atoms with Crippen LogP contribution in [0.1, 0.15) is 45.3 Å². The van der Waals surface area contributed by atoms with E-state index in [0.29, 0.717) is 0 Å². The molecule has 4 rings (SSSR count). The first-order chi connectivity index (χ1) is 14.6. The lowest BCUT2D eigenvalue weighted by Crippen LogP contribution is -2.17. The Balaban J connectivity index is 1.74. The van der Waals surface area contributed by atoms with Gasteiger partial charge < -0.3 is 15.1 Å². The molecule has 152 valence electrons. The van der Waals surface area contributed by atoms with Gasteiger partial charge in [-0.15, -0.1) is 11.3 Å². The molecule has 0 saturated heterocycles. The fourth-order valence-electron chi connectivity index (χ4n) is 3.15. The minimum atomic E-state index is -0.279. The third-order valence-corrected chi connectivity index (χ3v) is 5.82. The van der Waals surface area contributed by atoms with Gasteiger partial charge in [-0.1, -0.05) is 19.1 Å². The van der Waals surface area contributed by atoms with Crippen molar-refractivity contribution in [2.45, 2.75) is 26.3 Å². The van der Waals surface area contributed by atoms with Crippen LogP contribution < -0.4 is 10.6 Å². The zero-order chi connectivity index (χ0) is 20.9. The molecule has 4 heterocycles. The summed E-state index contributed by atoms with van der Waals surface area (Å²) in [7, 11) is 0. The number of nitrogens with one attached hydrogen (secondary N) is 2. The summed E-state index contributed by atoms with van der Waals surface area (Å²) in [5, 5.41) is 7.28. The Kier molecular flexibility index (Phi) is 5.90. The molecule has 0 bridgehead atoms. The highest BCUT2D eigenvalue weighted by atomic mass is 32.1. The van der Waals surface area contributed by atoms with Crippen molar-refractivity contribution >= 4 is 28.1 Å². The fraction of sp³-hybridized carbons (Fsp3) is 0.174. The summed E-state index contributed by atoms with van der Waals surface area (Å²) in [4.78, 5) is 23.0. The van der Waals surface area contributed by atoms with Gasteiger partial charge in [0, 0.05) is 22.3 Å². The number of pyridine rings is 2. The van der Waals surface area contributed by atoms with Crippen molar-refractivity contribution in [3.63, 3.8) is 0 Å². The monoisotopic (exact) mass is 418 g/mol. The van der Waals surface area contributed by atoms with Crippen molar-refractivity contribution in [3.8, 4) is 0 Å². The SMILES string of the molecule is CCc1cc(C(Nc2cccc(C)n2)c2ccccn2)c(NC(=O)c2ccco2)s1. The van der Waals surface area contributed by atoms with E-state index in [-0.39, 0.29) is 17.7 Å². The van der Waals surface area contributed by atoms with Crippen LogP contribution in [-0.2, 0) is 6.42 Å². The molecule has 4 aromatic heterocycles. The van der Waals surface area contributed by atoms with Gasteiger partial charge in [-0.3, -0.25) is 9.78 Å². The summed E-state index contributed by atoms with van der Waals surface area (Å²) >= 11 is 1.56. The first kappa shape index (κ1) is 19.8. The van der Waals surface area contributed by atoms with Gasteiger partial charge in [-0.2, -0.15) is 0 Å². The van der Waals surface area contributed by atoms with Crippen LogP contribution in [0, 0.1) is 6.92 Å². The molecule has 4 aromatic rings. The number of aryl methyl sites for hydroxylation is 2. The second kappa shape index (κ2) is 8.92. The van der Waals surface area contributed by atoms with E-state index in [1.807, 2.05) is 43.3 Å². The summed E-state index contributed by atoms with van der Waals surface area (Å²) in [6.45, 7) is 4.05. The molecule has 6 nitrogen and oxygen atoms in total. The van der Waals surface area contributed by atoms with Crippen molar-refractivity contribution < 1.29 is 9.21 Å². The number of furan rings is 1. The van der Waals surface area contributed by atoms with Crippen LogP contribution in [0.3, 0.4) is 0 Å². The molecular formula is C23H22N4O2S.